The van der Waals surface area contributed by atoms with Crippen molar-refractivity contribution >= 4 is 23.4 Å². The summed E-state index contributed by atoms with van der Waals surface area (Å²) in [6.07, 6.45) is 0. The second-order valence-electron chi connectivity index (χ2n) is 5.18. The van der Waals surface area contributed by atoms with Crippen molar-refractivity contribution < 1.29 is 18.3 Å². The van der Waals surface area contributed by atoms with Crippen LogP contribution < -0.4 is 10.1 Å². The number of nitriles is 1. The van der Waals surface area contributed by atoms with Crippen LogP contribution in [-0.4, -0.2) is 21.9 Å². The predicted octanol–water partition coefficient (Wildman–Crippen LogP) is 3.39. The fourth-order valence-corrected chi connectivity index (χ4v) is 2.64. The van der Waals surface area contributed by atoms with Crippen LogP contribution in [0, 0.1) is 17.1 Å². The lowest BCUT2D eigenvalue weighted by Crippen LogP contribution is -2.14. The summed E-state index contributed by atoms with van der Waals surface area (Å²) in [4.78, 5) is 12.0. The van der Waals surface area contributed by atoms with Gasteiger partial charge in [0.25, 0.3) is 11.1 Å². The van der Waals surface area contributed by atoms with Crippen molar-refractivity contribution in [2.75, 3.05) is 11.1 Å². The maximum Gasteiger partial charge on any atom is 0.277 e. The van der Waals surface area contributed by atoms with Crippen LogP contribution in [0.3, 0.4) is 0 Å². The van der Waals surface area contributed by atoms with Crippen molar-refractivity contribution in [3.05, 3.63) is 65.8 Å². The smallest absolute Gasteiger partial charge is 0.277 e. The molecule has 136 valence electrons. The van der Waals surface area contributed by atoms with Crippen LogP contribution >= 0.6 is 11.8 Å². The summed E-state index contributed by atoms with van der Waals surface area (Å²) in [5.41, 5.74) is 0.816. The molecule has 7 nitrogen and oxygen atoms in total. The minimum absolute atomic E-state index is 0.0234. The molecule has 1 N–H and O–H groups in total. The summed E-state index contributed by atoms with van der Waals surface area (Å²) in [5.74, 6) is -0.530. The van der Waals surface area contributed by atoms with Crippen LogP contribution in [0.4, 0.5) is 10.1 Å². The molecule has 0 aliphatic carbocycles. The number of hydrogen-bond donors (Lipinski definition) is 1. The highest BCUT2D eigenvalue weighted by Gasteiger charge is 2.12. The van der Waals surface area contributed by atoms with Crippen molar-refractivity contribution in [3.8, 4) is 11.8 Å². The Kier molecular flexibility index (Phi) is 6.02. The van der Waals surface area contributed by atoms with Gasteiger partial charge >= 0.3 is 0 Å². The van der Waals surface area contributed by atoms with Gasteiger partial charge in [-0.25, -0.2) is 4.39 Å². The number of thioether (sulfide) groups is 1. The molecule has 1 amide bonds. The third kappa shape index (κ3) is 5.05. The molecular formula is C18H13FN4O3S. The quantitative estimate of drug-likeness (QED) is 0.623. The first kappa shape index (κ1) is 18.4. The number of carbonyl (C=O) groups excluding carboxylic acids is 1. The number of carbonyl (C=O) groups is 1. The number of halogens is 1. The van der Waals surface area contributed by atoms with Crippen molar-refractivity contribution in [1.82, 2.24) is 10.2 Å². The molecule has 0 aliphatic heterocycles. The minimum atomic E-state index is -0.485. The molecule has 2 aromatic carbocycles. The number of rotatable bonds is 7. The Labute approximate surface area is 158 Å². The van der Waals surface area contributed by atoms with E-state index in [1.165, 1.54) is 12.1 Å². The first-order valence-corrected chi connectivity index (χ1v) is 8.76. The normalized spacial score (nSPS) is 10.2. The van der Waals surface area contributed by atoms with Gasteiger partial charge in [0.2, 0.25) is 5.91 Å². The molecule has 0 atom stereocenters. The van der Waals surface area contributed by atoms with Crippen molar-refractivity contribution in [2.45, 2.75) is 11.8 Å². The van der Waals surface area contributed by atoms with Gasteiger partial charge in [0.1, 0.15) is 6.07 Å². The number of aromatic nitrogens is 2. The summed E-state index contributed by atoms with van der Waals surface area (Å²) < 4.78 is 24.1. The maximum atomic E-state index is 13.5. The highest BCUT2D eigenvalue weighted by Crippen LogP contribution is 2.20. The molecule has 9 heteroatoms. The number of nitrogens with zero attached hydrogens (tertiary/aromatic N) is 3. The van der Waals surface area contributed by atoms with E-state index in [1.807, 2.05) is 6.07 Å². The first-order valence-electron chi connectivity index (χ1n) is 7.77. The van der Waals surface area contributed by atoms with Gasteiger partial charge < -0.3 is 14.5 Å². The lowest BCUT2D eigenvalue weighted by molar-refractivity contribution is -0.113. The number of ether oxygens (including phenoxy) is 1. The van der Waals surface area contributed by atoms with E-state index in [4.69, 9.17) is 14.4 Å². The zero-order valence-electron chi connectivity index (χ0n) is 13.9. The highest BCUT2D eigenvalue weighted by atomic mass is 32.2. The van der Waals surface area contributed by atoms with Crippen molar-refractivity contribution in [1.29, 1.82) is 5.26 Å². The second-order valence-corrected chi connectivity index (χ2v) is 6.10. The maximum absolute atomic E-state index is 13.5. The Balaban J connectivity index is 1.50. The van der Waals surface area contributed by atoms with Gasteiger partial charge in [0.15, 0.2) is 18.2 Å². The van der Waals surface area contributed by atoms with Gasteiger partial charge in [-0.3, -0.25) is 4.79 Å². The monoisotopic (exact) mass is 384 g/mol. The minimum Gasteiger partial charge on any atom is -0.481 e. The molecule has 1 heterocycles. The Morgan fingerprint density at radius 1 is 1.22 bits per heavy atom. The molecule has 0 fully saturated rings. The van der Waals surface area contributed by atoms with E-state index in [1.54, 1.807) is 36.4 Å². The highest BCUT2D eigenvalue weighted by molar-refractivity contribution is 7.99. The van der Waals surface area contributed by atoms with E-state index >= 15 is 0 Å². The van der Waals surface area contributed by atoms with Gasteiger partial charge in [-0.05, 0) is 24.3 Å². The van der Waals surface area contributed by atoms with Crippen LogP contribution in [0.25, 0.3) is 0 Å². The SMILES string of the molecule is N#Cc1ccccc1NC(=O)CSc1nnc(COc2ccccc2F)o1. The van der Waals surface area contributed by atoms with E-state index in [9.17, 15) is 9.18 Å². The molecule has 3 aromatic rings. The van der Waals surface area contributed by atoms with Gasteiger partial charge in [0.05, 0.1) is 17.0 Å². The summed E-state index contributed by atoms with van der Waals surface area (Å²) in [6.45, 7) is -0.0871. The summed E-state index contributed by atoms with van der Waals surface area (Å²) >= 11 is 1.04. The lowest BCUT2D eigenvalue weighted by Gasteiger charge is -2.05. The molecule has 27 heavy (non-hydrogen) atoms. The van der Waals surface area contributed by atoms with E-state index in [-0.39, 0.29) is 35.1 Å². The summed E-state index contributed by atoms with van der Waals surface area (Å²) in [7, 11) is 0. The Morgan fingerprint density at radius 2 is 2.00 bits per heavy atom. The summed E-state index contributed by atoms with van der Waals surface area (Å²) in [6, 6.07) is 14.7. The summed E-state index contributed by atoms with van der Waals surface area (Å²) in [5, 5.41) is 19.5. The fraction of sp³-hybridized carbons (Fsp3) is 0.111. The molecule has 3 rings (SSSR count). The van der Waals surface area contributed by atoms with Crippen LogP contribution in [-0.2, 0) is 11.4 Å². The number of hydrogen-bond acceptors (Lipinski definition) is 7. The molecule has 0 saturated heterocycles. The zero-order chi connectivity index (χ0) is 19.1. The zero-order valence-corrected chi connectivity index (χ0v) is 14.7. The van der Waals surface area contributed by atoms with Gasteiger partial charge in [-0.1, -0.05) is 36.0 Å². The van der Waals surface area contributed by atoms with E-state index in [2.05, 4.69) is 15.5 Å². The lowest BCUT2D eigenvalue weighted by atomic mass is 10.2. The average Bonchev–Trinajstić information content (AvgIpc) is 3.14. The first-order chi connectivity index (χ1) is 13.2. The molecule has 0 unspecified atom stereocenters. The number of amides is 1. The van der Waals surface area contributed by atoms with E-state index < -0.39 is 5.82 Å². The molecule has 1 aromatic heterocycles. The van der Waals surface area contributed by atoms with E-state index in [0.29, 0.717) is 11.3 Å². The van der Waals surface area contributed by atoms with Gasteiger partial charge in [-0.2, -0.15) is 5.26 Å². The topological polar surface area (TPSA) is 101 Å². The Hall–Kier alpha value is -3.38. The molecule has 0 bridgehead atoms. The number of nitrogens with one attached hydrogen (secondary N) is 1. The fourth-order valence-electron chi connectivity index (χ4n) is 2.06. The van der Waals surface area contributed by atoms with Crippen LogP contribution in [0.2, 0.25) is 0 Å². The van der Waals surface area contributed by atoms with Crippen LogP contribution in [0.5, 0.6) is 5.75 Å². The molecule has 0 saturated carbocycles. The number of para-hydroxylation sites is 2. The van der Waals surface area contributed by atoms with Crippen LogP contribution in [0.1, 0.15) is 11.5 Å². The Morgan fingerprint density at radius 3 is 2.81 bits per heavy atom. The number of benzene rings is 2. The third-order valence-corrected chi connectivity index (χ3v) is 4.10. The molecule has 0 spiro atoms. The average molecular weight is 384 g/mol. The van der Waals surface area contributed by atoms with Crippen LogP contribution in [0.15, 0.2) is 58.2 Å². The molecule has 0 aliphatic rings. The standard InChI is InChI=1S/C18H13FN4O3S/c19-13-6-2-4-8-15(13)25-10-17-22-23-18(26-17)27-11-16(24)21-14-7-3-1-5-12(14)9-20/h1-8H,10-11H2,(H,21,24). The largest absolute Gasteiger partial charge is 0.481 e. The van der Waals surface area contributed by atoms with E-state index in [0.717, 1.165) is 11.8 Å². The molecular weight excluding hydrogens is 371 g/mol. The van der Waals surface area contributed by atoms with Crippen molar-refractivity contribution in [3.63, 3.8) is 0 Å². The second kappa shape index (κ2) is 8.82. The van der Waals surface area contributed by atoms with Gasteiger partial charge in [0, 0.05) is 0 Å². The molecule has 0 radical (unpaired) electrons. The predicted molar refractivity (Wildman–Crippen MR) is 95.5 cm³/mol. The van der Waals surface area contributed by atoms with Gasteiger partial charge in [-0.15, -0.1) is 10.2 Å². The third-order valence-electron chi connectivity index (χ3n) is 3.28. The van der Waals surface area contributed by atoms with Crippen molar-refractivity contribution in [2.24, 2.45) is 0 Å². The number of anilines is 1. The Bertz CT molecular complexity index is 986.